The number of hydrogen-bond acceptors (Lipinski definition) is 5. The highest BCUT2D eigenvalue weighted by Crippen LogP contribution is 2.68. The molecule has 7 rings (SSSR count). The van der Waals surface area contributed by atoms with Gasteiger partial charge in [-0.2, -0.15) is 13.9 Å². The third kappa shape index (κ3) is 4.70. The van der Waals surface area contributed by atoms with Crippen molar-refractivity contribution < 1.29 is 31.1 Å². The highest BCUT2D eigenvalue weighted by Gasteiger charge is 2.67. The van der Waals surface area contributed by atoms with Crippen molar-refractivity contribution in [2.24, 2.45) is 5.92 Å². The van der Waals surface area contributed by atoms with E-state index in [1.807, 2.05) is 6.07 Å². The van der Waals surface area contributed by atoms with Gasteiger partial charge in [-0.05, 0) is 48.6 Å². The van der Waals surface area contributed by atoms with Gasteiger partial charge in [0.25, 0.3) is 12.3 Å². The van der Waals surface area contributed by atoms with E-state index < -0.39 is 65.7 Å². The molecular weight excluding hydrogens is 576 g/mol. The number of pyridine rings is 1. The number of benzene rings is 1. The summed E-state index contributed by atoms with van der Waals surface area (Å²) in [6.07, 6.45) is 2.85. The van der Waals surface area contributed by atoms with Crippen molar-refractivity contribution in [3.8, 4) is 11.1 Å². The Labute approximate surface area is 239 Å². The van der Waals surface area contributed by atoms with E-state index in [4.69, 9.17) is 0 Å². The first kappa shape index (κ1) is 27.1. The van der Waals surface area contributed by atoms with Gasteiger partial charge in [-0.15, -0.1) is 0 Å². The molecule has 2 aliphatic carbocycles. The minimum absolute atomic E-state index is 0.0871. The van der Waals surface area contributed by atoms with Gasteiger partial charge in [-0.3, -0.25) is 9.48 Å². The number of halogens is 6. The molecule has 1 saturated carbocycles. The quantitative estimate of drug-likeness (QED) is 0.222. The van der Waals surface area contributed by atoms with Crippen LogP contribution in [-0.2, 0) is 23.7 Å². The van der Waals surface area contributed by atoms with Gasteiger partial charge in [0.2, 0.25) is 5.91 Å². The Morgan fingerprint density at radius 1 is 1.09 bits per heavy atom. The van der Waals surface area contributed by atoms with Gasteiger partial charge < -0.3 is 10.3 Å². The predicted molar refractivity (Wildman–Crippen MR) is 140 cm³/mol. The second-order valence-corrected chi connectivity index (χ2v) is 10.7. The van der Waals surface area contributed by atoms with Crippen LogP contribution in [0.15, 0.2) is 55.2 Å². The van der Waals surface area contributed by atoms with E-state index >= 15 is 8.78 Å². The molecule has 2 N–H and O–H groups in total. The number of nitrogens with zero attached hydrogens (tertiary/aromatic N) is 5. The number of aromatic nitrogens is 6. The van der Waals surface area contributed by atoms with Gasteiger partial charge in [-0.25, -0.2) is 32.5 Å². The van der Waals surface area contributed by atoms with Crippen LogP contribution in [0.5, 0.6) is 0 Å². The van der Waals surface area contributed by atoms with Crippen molar-refractivity contribution in [2.75, 3.05) is 0 Å². The fourth-order valence-electron chi connectivity index (χ4n) is 6.06. The minimum atomic E-state index is -3.40. The van der Waals surface area contributed by atoms with Crippen LogP contribution < -0.4 is 5.32 Å². The van der Waals surface area contributed by atoms with Gasteiger partial charge in [-0.1, -0.05) is 0 Å². The zero-order valence-corrected chi connectivity index (χ0v) is 22.0. The lowest BCUT2D eigenvalue weighted by atomic mass is 9.96. The minimum Gasteiger partial charge on any atom is -0.346 e. The zero-order valence-electron chi connectivity index (χ0n) is 22.0. The summed E-state index contributed by atoms with van der Waals surface area (Å²) in [5, 5.41) is 7.19. The van der Waals surface area contributed by atoms with E-state index in [2.05, 4.69) is 30.4 Å². The van der Waals surface area contributed by atoms with Crippen molar-refractivity contribution in [2.45, 2.75) is 43.7 Å². The second-order valence-electron chi connectivity index (χ2n) is 10.7. The van der Waals surface area contributed by atoms with Gasteiger partial charge in [0.05, 0.1) is 11.7 Å². The van der Waals surface area contributed by atoms with E-state index in [9.17, 15) is 22.4 Å². The molecule has 1 aromatic carbocycles. The number of H-pyrrole nitrogens is 1. The first-order chi connectivity index (χ1) is 20.6. The molecule has 4 aromatic heterocycles. The van der Waals surface area contributed by atoms with Crippen LogP contribution in [0.1, 0.15) is 53.0 Å². The van der Waals surface area contributed by atoms with Gasteiger partial charge >= 0.3 is 0 Å². The Morgan fingerprint density at radius 2 is 1.88 bits per heavy atom. The Morgan fingerprint density at radius 3 is 2.65 bits per heavy atom. The summed E-state index contributed by atoms with van der Waals surface area (Å²) in [7, 11) is 0. The lowest BCUT2D eigenvalue weighted by molar-refractivity contribution is -0.123. The highest BCUT2D eigenvalue weighted by atomic mass is 19.3. The molecule has 0 radical (unpaired) electrons. The van der Waals surface area contributed by atoms with Gasteiger partial charge in [0.1, 0.15) is 41.5 Å². The smallest absolute Gasteiger partial charge is 0.293 e. The number of carbonyl (C=O) groups excluding carboxylic acids is 1. The Balaban J connectivity index is 1.25. The summed E-state index contributed by atoms with van der Waals surface area (Å²) in [5.74, 6) is -7.71. The monoisotopic (exact) mass is 597 g/mol. The van der Waals surface area contributed by atoms with Gasteiger partial charge in [0.15, 0.2) is 0 Å². The van der Waals surface area contributed by atoms with E-state index in [1.165, 1.54) is 12.5 Å². The molecule has 3 atom stereocenters. The van der Waals surface area contributed by atoms with Crippen LogP contribution in [0.25, 0.3) is 22.2 Å². The fraction of sp³-hybridized carbons (Fsp3) is 0.276. The SMILES string of the molecule is O=C(Cn1nc(C(F)F)c2c1C(F)(F)C1CC21)N[C@@H](Cc1cc(F)cc(F)c1)c1ncncc1-c1cnc2[nH]ccc2c1. The first-order valence-corrected chi connectivity index (χ1v) is 13.3. The number of amides is 1. The van der Waals surface area contributed by atoms with Crippen LogP contribution >= 0.6 is 0 Å². The van der Waals surface area contributed by atoms with E-state index in [0.717, 1.165) is 17.5 Å². The molecule has 0 saturated heterocycles. The maximum atomic E-state index is 15.0. The van der Waals surface area contributed by atoms with Crippen molar-refractivity contribution in [3.05, 3.63) is 95.1 Å². The number of alkyl halides is 4. The Bertz CT molecular complexity index is 1870. The molecule has 0 bridgehead atoms. The summed E-state index contributed by atoms with van der Waals surface area (Å²) in [4.78, 5) is 29.2. The average molecular weight is 598 g/mol. The molecule has 1 fully saturated rings. The number of nitrogens with one attached hydrogen (secondary N) is 2. The van der Waals surface area contributed by atoms with Crippen molar-refractivity contribution >= 4 is 16.9 Å². The molecule has 0 spiro atoms. The standard InChI is InChI=1S/C29H21F6N7O/c30-16-3-13(4-17(31)7-16)5-21(24-19(10-36-12-39-24)15-6-14-1-2-37-28(14)38-9-15)40-22(43)11-42-26-23(25(41-42)27(32)33)18-8-20(18)29(26,34)35/h1-4,6-7,9-10,12,18,20-21,27H,5,8,11H2,(H,37,38)(H,40,43)/t18?,20?,21-/m0/s1. The number of carbonyl (C=O) groups is 1. The highest BCUT2D eigenvalue weighted by molar-refractivity contribution is 5.82. The summed E-state index contributed by atoms with van der Waals surface area (Å²) in [6.45, 7) is -0.782. The van der Waals surface area contributed by atoms with Crippen molar-refractivity contribution in [3.63, 3.8) is 0 Å². The van der Waals surface area contributed by atoms with Crippen LogP contribution in [-0.4, -0.2) is 35.6 Å². The topological polar surface area (TPSA) is 101 Å². The van der Waals surface area contributed by atoms with E-state index in [0.29, 0.717) is 27.5 Å². The van der Waals surface area contributed by atoms with Crippen LogP contribution in [0, 0.1) is 17.6 Å². The summed E-state index contributed by atoms with van der Waals surface area (Å²) < 4.78 is 86.4. The zero-order chi connectivity index (χ0) is 30.0. The molecule has 0 aliphatic heterocycles. The Hall–Kier alpha value is -4.75. The number of hydrogen-bond donors (Lipinski definition) is 2. The lowest BCUT2D eigenvalue weighted by Gasteiger charge is -2.22. The van der Waals surface area contributed by atoms with Gasteiger partial charge in [0, 0.05) is 52.7 Å². The molecule has 14 heteroatoms. The third-order valence-corrected chi connectivity index (χ3v) is 7.94. The summed E-state index contributed by atoms with van der Waals surface area (Å²) >= 11 is 0. The summed E-state index contributed by atoms with van der Waals surface area (Å²) in [6, 6.07) is 5.47. The van der Waals surface area contributed by atoms with Crippen LogP contribution in [0.4, 0.5) is 26.3 Å². The number of fused-ring (bicyclic) bond motifs is 4. The first-order valence-electron chi connectivity index (χ1n) is 13.3. The van der Waals surface area contributed by atoms with Crippen molar-refractivity contribution in [1.29, 1.82) is 0 Å². The summed E-state index contributed by atoms with van der Waals surface area (Å²) in [5.41, 5.74) is 0.501. The molecule has 43 heavy (non-hydrogen) atoms. The molecule has 8 nitrogen and oxygen atoms in total. The lowest BCUT2D eigenvalue weighted by Crippen LogP contribution is -2.35. The number of aromatic amines is 1. The van der Waals surface area contributed by atoms with Crippen LogP contribution in [0.3, 0.4) is 0 Å². The van der Waals surface area contributed by atoms with Crippen molar-refractivity contribution in [1.82, 2.24) is 35.0 Å². The predicted octanol–water partition coefficient (Wildman–Crippen LogP) is 5.74. The van der Waals surface area contributed by atoms with E-state index in [1.54, 1.807) is 18.5 Å². The third-order valence-electron chi connectivity index (χ3n) is 7.94. The molecule has 1 amide bonds. The van der Waals surface area contributed by atoms with E-state index in [-0.39, 0.29) is 29.7 Å². The molecule has 5 aromatic rings. The fourth-order valence-corrected chi connectivity index (χ4v) is 6.06. The molecule has 220 valence electrons. The normalized spacial score (nSPS) is 19.0. The number of rotatable bonds is 8. The second kappa shape index (κ2) is 9.92. The maximum absolute atomic E-state index is 15.0. The molecular formula is C29H21F6N7O. The maximum Gasteiger partial charge on any atom is 0.293 e. The average Bonchev–Trinajstić information content (AvgIpc) is 3.36. The Kier molecular flexibility index (Phi) is 6.25. The molecule has 2 unspecified atom stereocenters. The molecule has 4 heterocycles. The largest absolute Gasteiger partial charge is 0.346 e. The molecule has 2 aliphatic rings. The van der Waals surface area contributed by atoms with Crippen LogP contribution in [0.2, 0.25) is 0 Å².